The molecule has 3 aromatic rings. The summed E-state index contributed by atoms with van der Waals surface area (Å²) in [5, 5.41) is 26.1. The first kappa shape index (κ1) is 19.6. The molecule has 1 atom stereocenters. The number of nitro groups is 1. The van der Waals surface area contributed by atoms with E-state index in [9.17, 15) is 20.0 Å². The molecule has 2 aromatic carbocycles. The molecular weight excluding hydrogens is 386 g/mol. The standard InChI is InChI=1S/C18H18ClN5O4/c1-11(25)9-20-18-22-14-4-2-3-5-15(14)23(18)10-17(26)21-12-6-7-13(19)16(8-12)24(27)28/h2-8,11,25H,9-10H2,1H3,(H,20,22)(H,21,26). The first-order valence-corrected chi connectivity index (χ1v) is 8.84. The van der Waals surface area contributed by atoms with Crippen molar-refractivity contribution in [2.45, 2.75) is 19.6 Å². The lowest BCUT2D eigenvalue weighted by Gasteiger charge is -2.12. The van der Waals surface area contributed by atoms with Crippen molar-refractivity contribution in [2.24, 2.45) is 0 Å². The number of fused-ring (bicyclic) bond motifs is 1. The van der Waals surface area contributed by atoms with E-state index in [0.717, 1.165) is 5.52 Å². The van der Waals surface area contributed by atoms with Crippen molar-refractivity contribution in [3.05, 3.63) is 57.6 Å². The van der Waals surface area contributed by atoms with Crippen LogP contribution in [-0.4, -0.2) is 38.1 Å². The number of imidazole rings is 1. The summed E-state index contributed by atoms with van der Waals surface area (Å²) >= 11 is 5.79. The van der Waals surface area contributed by atoms with Crippen LogP contribution in [0.25, 0.3) is 11.0 Å². The van der Waals surface area contributed by atoms with E-state index in [2.05, 4.69) is 15.6 Å². The number of halogens is 1. The van der Waals surface area contributed by atoms with E-state index >= 15 is 0 Å². The van der Waals surface area contributed by atoms with Crippen molar-refractivity contribution < 1.29 is 14.8 Å². The minimum absolute atomic E-state index is 0.00629. The highest BCUT2D eigenvalue weighted by molar-refractivity contribution is 6.32. The number of para-hydroxylation sites is 2. The van der Waals surface area contributed by atoms with Gasteiger partial charge in [-0.3, -0.25) is 14.9 Å². The molecule has 1 aromatic heterocycles. The zero-order chi connectivity index (χ0) is 20.3. The summed E-state index contributed by atoms with van der Waals surface area (Å²) in [7, 11) is 0. The van der Waals surface area contributed by atoms with E-state index in [0.29, 0.717) is 11.5 Å². The van der Waals surface area contributed by atoms with Crippen LogP contribution in [0.2, 0.25) is 5.02 Å². The number of amides is 1. The minimum Gasteiger partial charge on any atom is -0.392 e. The van der Waals surface area contributed by atoms with E-state index in [4.69, 9.17) is 11.6 Å². The average molecular weight is 404 g/mol. The molecule has 0 saturated heterocycles. The van der Waals surface area contributed by atoms with E-state index in [1.54, 1.807) is 11.5 Å². The number of nitro benzene ring substituents is 1. The fourth-order valence-electron chi connectivity index (χ4n) is 2.68. The number of anilines is 2. The van der Waals surface area contributed by atoms with Crippen LogP contribution in [0.3, 0.4) is 0 Å². The van der Waals surface area contributed by atoms with Crippen LogP contribution in [0.4, 0.5) is 17.3 Å². The van der Waals surface area contributed by atoms with Crippen LogP contribution in [0, 0.1) is 10.1 Å². The molecule has 1 amide bonds. The van der Waals surface area contributed by atoms with Gasteiger partial charge in [-0.25, -0.2) is 4.98 Å². The molecule has 0 radical (unpaired) electrons. The maximum atomic E-state index is 12.5. The number of hydrogen-bond acceptors (Lipinski definition) is 6. The number of hydrogen-bond donors (Lipinski definition) is 3. The number of carbonyl (C=O) groups excluding carboxylic acids is 1. The van der Waals surface area contributed by atoms with E-state index in [1.807, 2.05) is 24.3 Å². The zero-order valence-electron chi connectivity index (χ0n) is 14.9. The second kappa shape index (κ2) is 8.24. The van der Waals surface area contributed by atoms with Gasteiger partial charge in [0.1, 0.15) is 11.6 Å². The summed E-state index contributed by atoms with van der Waals surface area (Å²) < 4.78 is 1.68. The number of aliphatic hydroxyl groups excluding tert-OH is 1. The third kappa shape index (κ3) is 4.38. The molecule has 1 unspecified atom stereocenters. The van der Waals surface area contributed by atoms with Gasteiger partial charge in [0.2, 0.25) is 11.9 Å². The lowest BCUT2D eigenvalue weighted by Crippen LogP contribution is -2.22. The van der Waals surface area contributed by atoms with Crippen LogP contribution in [0.5, 0.6) is 0 Å². The van der Waals surface area contributed by atoms with Gasteiger partial charge in [-0.2, -0.15) is 0 Å². The Labute approximate surface area is 165 Å². The molecule has 0 spiro atoms. The van der Waals surface area contributed by atoms with Gasteiger partial charge < -0.3 is 20.3 Å². The maximum absolute atomic E-state index is 12.5. The predicted molar refractivity (Wildman–Crippen MR) is 107 cm³/mol. The topological polar surface area (TPSA) is 122 Å². The second-order valence-corrected chi connectivity index (χ2v) is 6.62. The van der Waals surface area contributed by atoms with Gasteiger partial charge in [-0.15, -0.1) is 0 Å². The highest BCUT2D eigenvalue weighted by Gasteiger charge is 2.16. The van der Waals surface area contributed by atoms with Gasteiger partial charge in [-0.05, 0) is 31.2 Å². The number of aliphatic hydroxyl groups is 1. The highest BCUT2D eigenvalue weighted by atomic mass is 35.5. The van der Waals surface area contributed by atoms with Crippen molar-refractivity contribution in [3.8, 4) is 0 Å². The number of carbonyl (C=O) groups is 1. The van der Waals surface area contributed by atoms with Crippen LogP contribution in [0.15, 0.2) is 42.5 Å². The van der Waals surface area contributed by atoms with Crippen molar-refractivity contribution >= 4 is 45.9 Å². The Balaban J connectivity index is 1.83. The number of rotatable bonds is 7. The molecule has 3 rings (SSSR count). The van der Waals surface area contributed by atoms with Gasteiger partial charge in [0, 0.05) is 18.3 Å². The fourth-order valence-corrected chi connectivity index (χ4v) is 2.87. The molecule has 0 aliphatic rings. The smallest absolute Gasteiger partial charge is 0.289 e. The second-order valence-electron chi connectivity index (χ2n) is 6.21. The maximum Gasteiger partial charge on any atom is 0.289 e. The SMILES string of the molecule is CC(O)CNc1nc2ccccc2n1CC(=O)Nc1ccc(Cl)c([N+](=O)[O-])c1. The molecule has 146 valence electrons. The first-order valence-electron chi connectivity index (χ1n) is 8.46. The summed E-state index contributed by atoms with van der Waals surface area (Å²) in [5.41, 5.74) is 1.43. The van der Waals surface area contributed by atoms with Gasteiger partial charge in [0.05, 0.1) is 22.1 Å². The lowest BCUT2D eigenvalue weighted by atomic mass is 10.2. The van der Waals surface area contributed by atoms with Gasteiger partial charge in [-0.1, -0.05) is 23.7 Å². The fraction of sp³-hybridized carbons (Fsp3) is 0.222. The highest BCUT2D eigenvalue weighted by Crippen LogP contribution is 2.27. The molecule has 9 nitrogen and oxygen atoms in total. The first-order chi connectivity index (χ1) is 13.3. The molecule has 28 heavy (non-hydrogen) atoms. The molecule has 3 N–H and O–H groups in total. The van der Waals surface area contributed by atoms with Gasteiger partial charge in [0.15, 0.2) is 0 Å². The van der Waals surface area contributed by atoms with Gasteiger partial charge in [0.25, 0.3) is 5.69 Å². The number of nitrogens with one attached hydrogen (secondary N) is 2. The van der Waals surface area contributed by atoms with Crippen LogP contribution >= 0.6 is 11.6 Å². The minimum atomic E-state index is -0.612. The molecule has 0 saturated carbocycles. The summed E-state index contributed by atoms with van der Waals surface area (Å²) in [6, 6.07) is 11.4. The summed E-state index contributed by atoms with van der Waals surface area (Å²) in [5.74, 6) is 0.0548. The Hall–Kier alpha value is -3.17. The van der Waals surface area contributed by atoms with Gasteiger partial charge >= 0.3 is 0 Å². The van der Waals surface area contributed by atoms with E-state index < -0.39 is 11.0 Å². The predicted octanol–water partition coefficient (Wildman–Crippen LogP) is 3.03. The summed E-state index contributed by atoms with van der Waals surface area (Å²) in [4.78, 5) is 27.4. The Morgan fingerprint density at radius 3 is 2.82 bits per heavy atom. The summed E-state index contributed by atoms with van der Waals surface area (Å²) in [6.45, 7) is 1.84. The van der Waals surface area contributed by atoms with Crippen molar-refractivity contribution in [1.29, 1.82) is 0 Å². The Morgan fingerprint density at radius 1 is 1.36 bits per heavy atom. The normalized spacial score (nSPS) is 12.0. The summed E-state index contributed by atoms with van der Waals surface area (Å²) in [6.07, 6.45) is -0.586. The van der Waals surface area contributed by atoms with Crippen molar-refractivity contribution in [3.63, 3.8) is 0 Å². The number of nitrogens with zero attached hydrogens (tertiary/aromatic N) is 3. The Morgan fingerprint density at radius 2 is 2.11 bits per heavy atom. The molecule has 10 heteroatoms. The third-order valence-corrected chi connectivity index (χ3v) is 4.26. The number of benzene rings is 2. The largest absolute Gasteiger partial charge is 0.392 e. The molecule has 0 fully saturated rings. The van der Waals surface area contributed by atoms with Crippen molar-refractivity contribution in [1.82, 2.24) is 9.55 Å². The monoisotopic (exact) mass is 403 g/mol. The van der Waals surface area contributed by atoms with Crippen LogP contribution in [-0.2, 0) is 11.3 Å². The zero-order valence-corrected chi connectivity index (χ0v) is 15.7. The quantitative estimate of drug-likeness (QED) is 0.411. The Bertz CT molecular complexity index is 1030. The van der Waals surface area contributed by atoms with Crippen LogP contribution in [0.1, 0.15) is 6.92 Å². The molecule has 0 bridgehead atoms. The molecule has 0 aliphatic carbocycles. The third-order valence-electron chi connectivity index (χ3n) is 3.94. The molecule has 1 heterocycles. The Kier molecular flexibility index (Phi) is 5.76. The molecular formula is C18H18ClN5O4. The van der Waals surface area contributed by atoms with E-state index in [1.165, 1.54) is 18.2 Å². The molecule has 0 aliphatic heterocycles. The average Bonchev–Trinajstić information content (AvgIpc) is 2.99. The lowest BCUT2D eigenvalue weighted by molar-refractivity contribution is -0.384. The van der Waals surface area contributed by atoms with Crippen LogP contribution < -0.4 is 10.6 Å². The van der Waals surface area contributed by atoms with Crippen molar-refractivity contribution in [2.75, 3.05) is 17.2 Å². The van der Waals surface area contributed by atoms with E-state index in [-0.39, 0.29) is 35.4 Å². The number of aromatic nitrogens is 2.